The lowest BCUT2D eigenvalue weighted by Crippen LogP contribution is -2.10. The number of hydrogen-bond acceptors (Lipinski definition) is 2. The first-order chi connectivity index (χ1) is 6.25. The second-order valence-corrected chi connectivity index (χ2v) is 5.46. The monoisotopic (exact) mass is 195 g/mol. The Labute approximate surface area is 84.2 Å². The van der Waals surface area contributed by atoms with Gasteiger partial charge in [0.1, 0.15) is 0 Å². The average molecular weight is 195 g/mol. The van der Waals surface area contributed by atoms with E-state index in [1.54, 1.807) is 5.56 Å². The lowest BCUT2D eigenvalue weighted by Gasteiger charge is -2.06. The fourth-order valence-corrected chi connectivity index (χ4v) is 3.04. The number of aryl methyl sites for hydroxylation is 2. The van der Waals surface area contributed by atoms with Gasteiger partial charge >= 0.3 is 0 Å². The molecule has 1 aromatic heterocycles. The van der Waals surface area contributed by atoms with Gasteiger partial charge in [-0.25, -0.2) is 0 Å². The molecule has 0 amide bonds. The van der Waals surface area contributed by atoms with Crippen LogP contribution < -0.4 is 5.32 Å². The quantitative estimate of drug-likeness (QED) is 0.764. The van der Waals surface area contributed by atoms with Crippen LogP contribution in [0, 0.1) is 19.8 Å². The summed E-state index contributed by atoms with van der Waals surface area (Å²) in [6.07, 6.45) is 2.64. The molecule has 2 rings (SSSR count). The zero-order valence-corrected chi connectivity index (χ0v) is 9.21. The van der Waals surface area contributed by atoms with Crippen molar-refractivity contribution in [2.45, 2.75) is 26.7 Å². The highest BCUT2D eigenvalue weighted by Crippen LogP contribution is 2.24. The minimum Gasteiger partial charge on any atom is -0.316 e. The van der Waals surface area contributed by atoms with Crippen LogP contribution in [0.2, 0.25) is 0 Å². The van der Waals surface area contributed by atoms with E-state index in [2.05, 4.69) is 25.2 Å². The molecule has 1 aromatic rings. The van der Waals surface area contributed by atoms with Gasteiger partial charge in [-0.1, -0.05) is 0 Å². The summed E-state index contributed by atoms with van der Waals surface area (Å²) in [6.45, 7) is 6.88. The Morgan fingerprint density at radius 1 is 1.54 bits per heavy atom. The van der Waals surface area contributed by atoms with Crippen molar-refractivity contribution in [3.63, 3.8) is 0 Å². The standard InChI is InChI=1S/C11H17NS/c1-8-5-11(9(2)13-8)6-10-3-4-12-7-10/h5,10,12H,3-4,6-7H2,1-2H3. The van der Waals surface area contributed by atoms with Gasteiger partial charge in [-0.2, -0.15) is 0 Å². The summed E-state index contributed by atoms with van der Waals surface area (Å²) in [5, 5.41) is 3.42. The van der Waals surface area contributed by atoms with Gasteiger partial charge in [0.05, 0.1) is 0 Å². The van der Waals surface area contributed by atoms with Gasteiger partial charge in [-0.3, -0.25) is 0 Å². The molecule has 0 radical (unpaired) electrons. The zero-order chi connectivity index (χ0) is 9.26. The summed E-state index contributed by atoms with van der Waals surface area (Å²) in [5.41, 5.74) is 1.58. The molecule has 1 aliphatic heterocycles. The zero-order valence-electron chi connectivity index (χ0n) is 8.39. The fraction of sp³-hybridized carbons (Fsp3) is 0.636. The third kappa shape index (κ3) is 2.12. The molecule has 0 spiro atoms. The predicted octanol–water partition coefficient (Wildman–Crippen LogP) is 2.52. The van der Waals surface area contributed by atoms with Crippen LogP contribution in [0.1, 0.15) is 21.7 Å². The van der Waals surface area contributed by atoms with Crippen molar-refractivity contribution in [2.75, 3.05) is 13.1 Å². The molecule has 72 valence electrons. The molecular formula is C11H17NS. The van der Waals surface area contributed by atoms with Crippen LogP contribution in [0.4, 0.5) is 0 Å². The Kier molecular flexibility index (Phi) is 2.70. The summed E-state index contributed by atoms with van der Waals surface area (Å²) in [5.74, 6) is 0.882. The second-order valence-electron chi connectivity index (χ2n) is 4.00. The van der Waals surface area contributed by atoms with E-state index in [0.717, 1.165) is 5.92 Å². The summed E-state index contributed by atoms with van der Waals surface area (Å²) in [7, 11) is 0. The molecule has 2 heterocycles. The van der Waals surface area contributed by atoms with Crippen LogP contribution in [0.3, 0.4) is 0 Å². The molecule has 1 N–H and O–H groups in total. The molecule has 13 heavy (non-hydrogen) atoms. The average Bonchev–Trinajstić information content (AvgIpc) is 2.63. The number of nitrogens with one attached hydrogen (secondary N) is 1. The molecule has 0 aliphatic carbocycles. The molecule has 1 fully saturated rings. The predicted molar refractivity (Wildman–Crippen MR) is 58.5 cm³/mol. The second kappa shape index (κ2) is 3.81. The van der Waals surface area contributed by atoms with Crippen molar-refractivity contribution in [3.05, 3.63) is 21.4 Å². The van der Waals surface area contributed by atoms with Crippen LogP contribution in [-0.2, 0) is 6.42 Å². The Morgan fingerprint density at radius 3 is 2.92 bits per heavy atom. The highest BCUT2D eigenvalue weighted by Gasteiger charge is 2.16. The normalized spacial score (nSPS) is 22.5. The largest absolute Gasteiger partial charge is 0.316 e. The van der Waals surface area contributed by atoms with E-state index in [1.807, 2.05) is 11.3 Å². The molecular weight excluding hydrogens is 178 g/mol. The van der Waals surface area contributed by atoms with Crippen molar-refractivity contribution in [3.8, 4) is 0 Å². The van der Waals surface area contributed by atoms with Gasteiger partial charge in [-0.15, -0.1) is 11.3 Å². The van der Waals surface area contributed by atoms with Gasteiger partial charge < -0.3 is 5.32 Å². The molecule has 0 saturated carbocycles. The lowest BCUT2D eigenvalue weighted by atomic mass is 9.99. The summed E-state index contributed by atoms with van der Waals surface area (Å²) in [6, 6.07) is 2.36. The Bertz CT molecular complexity index is 284. The molecule has 2 heteroatoms. The molecule has 1 atom stereocenters. The maximum absolute atomic E-state index is 3.42. The van der Waals surface area contributed by atoms with Gasteiger partial charge in [0.2, 0.25) is 0 Å². The minimum atomic E-state index is 0.882. The van der Waals surface area contributed by atoms with Crippen LogP contribution in [0.25, 0.3) is 0 Å². The molecule has 1 saturated heterocycles. The molecule has 1 nitrogen and oxygen atoms in total. The molecule has 0 aromatic carbocycles. The Morgan fingerprint density at radius 2 is 2.38 bits per heavy atom. The van der Waals surface area contributed by atoms with E-state index in [9.17, 15) is 0 Å². The molecule has 0 bridgehead atoms. The third-order valence-electron chi connectivity index (χ3n) is 2.81. The summed E-state index contributed by atoms with van der Waals surface area (Å²) >= 11 is 1.93. The molecule has 1 aliphatic rings. The topological polar surface area (TPSA) is 12.0 Å². The van der Waals surface area contributed by atoms with Crippen molar-refractivity contribution < 1.29 is 0 Å². The first-order valence-corrected chi connectivity index (χ1v) is 5.84. The van der Waals surface area contributed by atoms with E-state index in [1.165, 1.54) is 35.7 Å². The Balaban J connectivity index is 2.03. The van der Waals surface area contributed by atoms with Gasteiger partial charge in [0.25, 0.3) is 0 Å². The third-order valence-corrected chi connectivity index (χ3v) is 3.82. The van der Waals surface area contributed by atoms with Crippen LogP contribution in [0.15, 0.2) is 6.07 Å². The lowest BCUT2D eigenvalue weighted by molar-refractivity contribution is 0.580. The minimum absolute atomic E-state index is 0.882. The van der Waals surface area contributed by atoms with E-state index in [4.69, 9.17) is 0 Å². The highest BCUT2D eigenvalue weighted by atomic mass is 32.1. The van der Waals surface area contributed by atoms with E-state index in [0.29, 0.717) is 0 Å². The van der Waals surface area contributed by atoms with Gasteiger partial charge in [0.15, 0.2) is 0 Å². The van der Waals surface area contributed by atoms with Gasteiger partial charge in [0, 0.05) is 9.75 Å². The van der Waals surface area contributed by atoms with Crippen LogP contribution in [0.5, 0.6) is 0 Å². The number of thiophene rings is 1. The van der Waals surface area contributed by atoms with Crippen molar-refractivity contribution in [1.29, 1.82) is 0 Å². The van der Waals surface area contributed by atoms with E-state index >= 15 is 0 Å². The number of rotatable bonds is 2. The fourth-order valence-electron chi connectivity index (χ4n) is 2.09. The highest BCUT2D eigenvalue weighted by molar-refractivity contribution is 7.12. The van der Waals surface area contributed by atoms with Crippen molar-refractivity contribution in [1.82, 2.24) is 5.32 Å². The maximum atomic E-state index is 3.42. The van der Waals surface area contributed by atoms with E-state index in [-0.39, 0.29) is 0 Å². The first kappa shape index (κ1) is 9.22. The van der Waals surface area contributed by atoms with Crippen LogP contribution >= 0.6 is 11.3 Å². The first-order valence-electron chi connectivity index (χ1n) is 5.02. The maximum Gasteiger partial charge on any atom is 0.00491 e. The summed E-state index contributed by atoms with van der Waals surface area (Å²) < 4.78 is 0. The SMILES string of the molecule is Cc1cc(CC2CCNC2)c(C)s1. The Hall–Kier alpha value is -0.340. The van der Waals surface area contributed by atoms with Crippen LogP contribution in [-0.4, -0.2) is 13.1 Å². The van der Waals surface area contributed by atoms with Crippen molar-refractivity contribution >= 4 is 11.3 Å². The van der Waals surface area contributed by atoms with E-state index < -0.39 is 0 Å². The summed E-state index contributed by atoms with van der Waals surface area (Å²) in [4.78, 5) is 2.97. The van der Waals surface area contributed by atoms with Gasteiger partial charge in [-0.05, 0) is 57.3 Å². The number of hydrogen-bond donors (Lipinski definition) is 1. The van der Waals surface area contributed by atoms with Crippen molar-refractivity contribution in [2.24, 2.45) is 5.92 Å². The molecule has 1 unspecified atom stereocenters. The smallest absolute Gasteiger partial charge is 0.00491 e.